The summed E-state index contributed by atoms with van der Waals surface area (Å²) in [6.45, 7) is 1.37. The Morgan fingerprint density at radius 2 is 2.07 bits per heavy atom. The van der Waals surface area contributed by atoms with Crippen molar-refractivity contribution in [2.24, 2.45) is 5.92 Å². The van der Waals surface area contributed by atoms with Crippen LogP contribution in [0.2, 0.25) is 0 Å². The van der Waals surface area contributed by atoms with Crippen molar-refractivity contribution in [3.63, 3.8) is 0 Å². The molecule has 15 heavy (non-hydrogen) atoms. The molecule has 0 aromatic rings. The minimum atomic E-state index is -1.10. The van der Waals surface area contributed by atoms with Gasteiger partial charge in [-0.25, -0.2) is 10.3 Å². The maximum absolute atomic E-state index is 11.2. The quantitative estimate of drug-likeness (QED) is 0.540. The van der Waals surface area contributed by atoms with Crippen LogP contribution in [0.4, 0.5) is 0 Å². The lowest BCUT2D eigenvalue weighted by molar-refractivity contribution is -0.149. The van der Waals surface area contributed by atoms with Crippen LogP contribution < -0.4 is 10.8 Å². The van der Waals surface area contributed by atoms with Crippen molar-refractivity contribution < 1.29 is 19.5 Å². The summed E-state index contributed by atoms with van der Waals surface area (Å²) in [5.74, 6) is -0.972. The highest BCUT2D eigenvalue weighted by Gasteiger charge is 2.16. The van der Waals surface area contributed by atoms with Gasteiger partial charge >= 0.3 is 5.97 Å². The Labute approximate surface area is 87.9 Å². The van der Waals surface area contributed by atoms with Crippen molar-refractivity contribution in [2.45, 2.75) is 19.3 Å². The first-order chi connectivity index (χ1) is 7.18. The maximum atomic E-state index is 11.2. The Morgan fingerprint density at radius 1 is 1.40 bits per heavy atom. The third-order valence-corrected chi connectivity index (χ3v) is 2.31. The molecule has 6 nitrogen and oxygen atoms in total. The van der Waals surface area contributed by atoms with Crippen LogP contribution in [0.1, 0.15) is 19.3 Å². The number of carbonyl (C=O) groups excluding carboxylic acids is 1. The van der Waals surface area contributed by atoms with Crippen LogP contribution in [0.3, 0.4) is 0 Å². The van der Waals surface area contributed by atoms with Crippen molar-refractivity contribution in [3.05, 3.63) is 0 Å². The number of carboxylic acid groups (broad SMARTS) is 1. The topological polar surface area (TPSA) is 87.7 Å². The minimum Gasteiger partial charge on any atom is -0.479 e. The average Bonchev–Trinajstić information content (AvgIpc) is 2.18. The molecule has 0 aromatic carbocycles. The zero-order valence-electron chi connectivity index (χ0n) is 8.49. The molecule has 1 amide bonds. The molecule has 1 aliphatic heterocycles. The molecule has 0 unspecified atom stereocenters. The van der Waals surface area contributed by atoms with Crippen molar-refractivity contribution in [3.8, 4) is 0 Å². The van der Waals surface area contributed by atoms with Gasteiger partial charge in [-0.15, -0.1) is 0 Å². The van der Waals surface area contributed by atoms with Gasteiger partial charge in [0.15, 0.2) is 6.61 Å². The molecule has 3 N–H and O–H groups in total. The van der Waals surface area contributed by atoms with E-state index in [-0.39, 0.29) is 5.91 Å². The summed E-state index contributed by atoms with van der Waals surface area (Å²) >= 11 is 0. The van der Waals surface area contributed by atoms with Crippen LogP contribution in [0.5, 0.6) is 0 Å². The van der Waals surface area contributed by atoms with Gasteiger partial charge in [-0.3, -0.25) is 9.63 Å². The first-order valence-corrected chi connectivity index (χ1v) is 5.01. The molecule has 86 valence electrons. The maximum Gasteiger partial charge on any atom is 0.332 e. The van der Waals surface area contributed by atoms with Crippen LogP contribution in [-0.4, -0.2) is 36.7 Å². The van der Waals surface area contributed by atoms with Crippen molar-refractivity contribution in [1.29, 1.82) is 0 Å². The number of amides is 1. The largest absolute Gasteiger partial charge is 0.479 e. The van der Waals surface area contributed by atoms with E-state index in [4.69, 9.17) is 5.11 Å². The lowest BCUT2D eigenvalue weighted by Crippen LogP contribution is -2.33. The number of aliphatic carboxylic acids is 1. The van der Waals surface area contributed by atoms with Crippen LogP contribution >= 0.6 is 0 Å². The molecule has 1 rings (SSSR count). The van der Waals surface area contributed by atoms with E-state index in [0.717, 1.165) is 25.9 Å². The van der Waals surface area contributed by atoms with Gasteiger partial charge in [0.25, 0.3) is 0 Å². The van der Waals surface area contributed by atoms with Gasteiger partial charge in [0.2, 0.25) is 5.91 Å². The Kier molecular flexibility index (Phi) is 5.06. The summed E-state index contributed by atoms with van der Waals surface area (Å²) < 4.78 is 0. The van der Waals surface area contributed by atoms with Crippen LogP contribution in [-0.2, 0) is 14.4 Å². The number of piperidine rings is 1. The summed E-state index contributed by atoms with van der Waals surface area (Å²) in [6, 6.07) is 0. The van der Waals surface area contributed by atoms with Gasteiger partial charge in [0.05, 0.1) is 0 Å². The third-order valence-electron chi connectivity index (χ3n) is 2.31. The van der Waals surface area contributed by atoms with Gasteiger partial charge in [-0.1, -0.05) is 0 Å². The second-order valence-electron chi connectivity index (χ2n) is 3.61. The second-order valence-corrected chi connectivity index (χ2v) is 3.61. The number of hydroxylamine groups is 1. The molecule has 0 radical (unpaired) electrons. The lowest BCUT2D eigenvalue weighted by atomic mass is 9.94. The number of rotatable bonds is 5. The average molecular weight is 216 g/mol. The fourth-order valence-corrected chi connectivity index (χ4v) is 1.57. The standard InChI is InChI=1S/C9H16N2O4/c12-8(11-15-6-9(13)14)5-7-1-3-10-4-2-7/h7,10H,1-6H2,(H,11,12)(H,13,14). The number of carboxylic acids is 1. The summed E-state index contributed by atoms with van der Waals surface area (Å²) in [5.41, 5.74) is 2.12. The highest BCUT2D eigenvalue weighted by atomic mass is 16.7. The summed E-state index contributed by atoms with van der Waals surface area (Å²) in [4.78, 5) is 25.8. The molecule has 0 aromatic heterocycles. The first kappa shape index (κ1) is 11.9. The molecular formula is C9H16N2O4. The van der Waals surface area contributed by atoms with Gasteiger partial charge < -0.3 is 10.4 Å². The number of hydrogen-bond donors (Lipinski definition) is 3. The van der Waals surface area contributed by atoms with E-state index in [1.165, 1.54) is 0 Å². The van der Waals surface area contributed by atoms with Crippen LogP contribution in [0.15, 0.2) is 0 Å². The SMILES string of the molecule is O=C(O)CONC(=O)CC1CCNCC1. The smallest absolute Gasteiger partial charge is 0.332 e. The van der Waals surface area contributed by atoms with Crippen molar-refractivity contribution >= 4 is 11.9 Å². The summed E-state index contributed by atoms with van der Waals surface area (Å²) in [7, 11) is 0. The second kappa shape index (κ2) is 6.36. The molecule has 1 heterocycles. The van der Waals surface area contributed by atoms with E-state index in [2.05, 4.69) is 15.6 Å². The summed E-state index contributed by atoms with van der Waals surface area (Å²) in [5, 5.41) is 11.5. The monoisotopic (exact) mass is 216 g/mol. The molecule has 0 aliphatic carbocycles. The fourth-order valence-electron chi connectivity index (χ4n) is 1.57. The minimum absolute atomic E-state index is 0.247. The molecule has 0 spiro atoms. The Bertz CT molecular complexity index is 226. The number of hydrogen-bond acceptors (Lipinski definition) is 4. The lowest BCUT2D eigenvalue weighted by Gasteiger charge is -2.21. The molecule has 0 saturated carbocycles. The first-order valence-electron chi connectivity index (χ1n) is 5.01. The normalized spacial score (nSPS) is 17.3. The van der Waals surface area contributed by atoms with Gasteiger partial charge in [-0.2, -0.15) is 0 Å². The molecular weight excluding hydrogens is 200 g/mol. The number of carbonyl (C=O) groups is 2. The van der Waals surface area contributed by atoms with E-state index in [1.807, 2.05) is 0 Å². The molecule has 6 heteroatoms. The summed E-state index contributed by atoms with van der Waals surface area (Å²) in [6.07, 6.45) is 2.36. The predicted molar refractivity (Wildman–Crippen MR) is 51.9 cm³/mol. The Balaban J connectivity index is 2.09. The van der Waals surface area contributed by atoms with Gasteiger partial charge in [0, 0.05) is 6.42 Å². The van der Waals surface area contributed by atoms with E-state index < -0.39 is 12.6 Å². The highest BCUT2D eigenvalue weighted by Crippen LogP contribution is 2.15. The Hall–Kier alpha value is -1.14. The van der Waals surface area contributed by atoms with E-state index in [0.29, 0.717) is 12.3 Å². The molecule has 0 atom stereocenters. The van der Waals surface area contributed by atoms with E-state index >= 15 is 0 Å². The van der Waals surface area contributed by atoms with Crippen LogP contribution in [0, 0.1) is 5.92 Å². The van der Waals surface area contributed by atoms with Gasteiger partial charge in [-0.05, 0) is 31.8 Å². The molecule has 1 saturated heterocycles. The Morgan fingerprint density at radius 3 is 2.67 bits per heavy atom. The van der Waals surface area contributed by atoms with Gasteiger partial charge in [0.1, 0.15) is 0 Å². The fraction of sp³-hybridized carbons (Fsp3) is 0.778. The van der Waals surface area contributed by atoms with Crippen molar-refractivity contribution in [2.75, 3.05) is 19.7 Å². The third kappa shape index (κ3) is 5.34. The molecule has 0 bridgehead atoms. The zero-order valence-corrected chi connectivity index (χ0v) is 8.49. The highest BCUT2D eigenvalue weighted by molar-refractivity contribution is 5.75. The molecule has 1 fully saturated rings. The van der Waals surface area contributed by atoms with E-state index in [1.54, 1.807) is 0 Å². The van der Waals surface area contributed by atoms with Crippen molar-refractivity contribution in [1.82, 2.24) is 10.8 Å². The van der Waals surface area contributed by atoms with E-state index in [9.17, 15) is 9.59 Å². The van der Waals surface area contributed by atoms with Crippen LogP contribution in [0.25, 0.3) is 0 Å². The predicted octanol–water partition coefficient (Wildman–Crippen LogP) is -0.492. The molecule has 1 aliphatic rings. The number of nitrogens with one attached hydrogen (secondary N) is 2. The zero-order chi connectivity index (χ0) is 11.1.